The molecule has 3 atom stereocenters. The molecule has 0 spiro atoms. The van der Waals surface area contributed by atoms with Crippen LogP contribution in [0.25, 0.3) is 0 Å². The average molecular weight is 1280 g/mol. The molecule has 0 saturated heterocycles. The van der Waals surface area contributed by atoms with Gasteiger partial charge >= 0.3 is 0 Å². The van der Waals surface area contributed by atoms with Crippen molar-refractivity contribution in [2.45, 2.75) is 443 Å². The summed E-state index contributed by atoms with van der Waals surface area (Å²) in [5.41, 5.74) is 0. The number of nitrogens with zero attached hydrogens (tertiary/aromatic N) is 1. The molecule has 0 aromatic heterocycles. The number of phosphoric acid groups is 1. The van der Waals surface area contributed by atoms with Crippen molar-refractivity contribution in [1.29, 1.82) is 0 Å². The number of phosphoric ester groups is 1. The Morgan fingerprint density at radius 3 is 0.933 bits per heavy atom. The Bertz CT molecular complexity index is 1500. The van der Waals surface area contributed by atoms with Crippen LogP contribution in [0.5, 0.6) is 0 Å². The van der Waals surface area contributed by atoms with Gasteiger partial charge in [-0.25, -0.2) is 0 Å². The normalized spacial score (nSPS) is 13.6. The topological polar surface area (TPSA) is 108 Å². The van der Waals surface area contributed by atoms with Crippen molar-refractivity contribution < 1.29 is 32.9 Å². The summed E-state index contributed by atoms with van der Waals surface area (Å²) in [6, 6.07) is -0.799. The molecule has 1 amide bonds. The highest BCUT2D eigenvalue weighted by Crippen LogP contribution is 2.38. The number of aliphatic hydroxyl groups excluding tert-OH is 1. The van der Waals surface area contributed by atoms with Gasteiger partial charge in [-0.05, 0) is 44.9 Å². The van der Waals surface area contributed by atoms with E-state index in [9.17, 15) is 19.4 Å². The number of carbonyl (C=O) groups excluding carboxylic acids is 1. The number of unbranched alkanes of at least 4 members (excludes halogenated alkanes) is 59. The summed E-state index contributed by atoms with van der Waals surface area (Å²) in [4.78, 5) is 25.7. The highest BCUT2D eigenvalue weighted by Gasteiger charge is 2.24. The van der Waals surface area contributed by atoms with Crippen molar-refractivity contribution in [3.8, 4) is 0 Å². The minimum atomic E-state index is -4.58. The molecule has 9 heteroatoms. The largest absolute Gasteiger partial charge is 0.756 e. The van der Waals surface area contributed by atoms with Gasteiger partial charge in [0.1, 0.15) is 13.2 Å². The predicted molar refractivity (Wildman–Crippen MR) is 390 cm³/mol. The first kappa shape index (κ1) is 88.0. The van der Waals surface area contributed by atoms with Crippen LogP contribution in [0.4, 0.5) is 0 Å². The maximum Gasteiger partial charge on any atom is 0.268 e. The summed E-state index contributed by atoms with van der Waals surface area (Å²) in [7, 11) is 1.33. The van der Waals surface area contributed by atoms with Crippen LogP contribution in [-0.2, 0) is 18.4 Å². The first-order chi connectivity index (χ1) is 43.5. The molecule has 0 aromatic rings. The lowest BCUT2D eigenvalue weighted by Gasteiger charge is -2.30. The fraction of sp³-hybridized carbons (Fsp3) is 0.938. The Hall–Kier alpha value is -1.02. The average Bonchev–Trinajstić information content (AvgIpc) is 3.61. The number of quaternary nitrogens is 1. The van der Waals surface area contributed by atoms with Crippen LogP contribution < -0.4 is 10.2 Å². The van der Waals surface area contributed by atoms with E-state index in [4.69, 9.17) is 9.05 Å². The fourth-order valence-electron chi connectivity index (χ4n) is 12.7. The number of allylic oxidation sites excluding steroid dienone is 4. The summed E-state index contributed by atoms with van der Waals surface area (Å²) in [5.74, 6) is -0.153. The van der Waals surface area contributed by atoms with Gasteiger partial charge in [0.05, 0.1) is 39.9 Å². The number of carbonyl (C=O) groups is 1. The fourth-order valence-corrected chi connectivity index (χ4v) is 13.4. The zero-order chi connectivity index (χ0) is 64.8. The molecule has 0 rings (SSSR count). The van der Waals surface area contributed by atoms with Gasteiger partial charge in [0.25, 0.3) is 7.82 Å². The molecule has 530 valence electrons. The van der Waals surface area contributed by atoms with E-state index in [1.54, 1.807) is 0 Å². The molecule has 8 nitrogen and oxygen atoms in total. The van der Waals surface area contributed by atoms with Crippen LogP contribution in [0, 0.1) is 0 Å². The van der Waals surface area contributed by atoms with E-state index in [1.807, 2.05) is 21.1 Å². The zero-order valence-corrected chi connectivity index (χ0v) is 61.8. The van der Waals surface area contributed by atoms with Gasteiger partial charge in [0.15, 0.2) is 0 Å². The van der Waals surface area contributed by atoms with Crippen molar-refractivity contribution in [1.82, 2.24) is 5.32 Å². The Morgan fingerprint density at radius 1 is 0.393 bits per heavy atom. The molecule has 0 aromatic carbocycles. The van der Waals surface area contributed by atoms with Gasteiger partial charge in [-0.15, -0.1) is 0 Å². The van der Waals surface area contributed by atoms with E-state index in [-0.39, 0.29) is 19.1 Å². The van der Waals surface area contributed by atoms with Crippen molar-refractivity contribution in [3.63, 3.8) is 0 Å². The highest BCUT2D eigenvalue weighted by molar-refractivity contribution is 7.45. The van der Waals surface area contributed by atoms with Crippen LogP contribution in [-0.4, -0.2) is 68.5 Å². The second kappa shape index (κ2) is 71.3. The Kier molecular flexibility index (Phi) is 70.5. The van der Waals surface area contributed by atoms with Gasteiger partial charge in [0.2, 0.25) is 5.91 Å². The lowest BCUT2D eigenvalue weighted by molar-refractivity contribution is -0.870. The third-order valence-electron chi connectivity index (χ3n) is 18.9. The van der Waals surface area contributed by atoms with Crippen molar-refractivity contribution in [3.05, 3.63) is 24.3 Å². The smallest absolute Gasteiger partial charge is 0.268 e. The monoisotopic (exact) mass is 1280 g/mol. The second-order valence-corrected chi connectivity index (χ2v) is 30.5. The van der Waals surface area contributed by atoms with Crippen molar-refractivity contribution in [2.24, 2.45) is 0 Å². The predicted octanol–water partition coefficient (Wildman–Crippen LogP) is 25.5. The van der Waals surface area contributed by atoms with E-state index >= 15 is 0 Å². The standard InChI is InChI=1S/C80H159N2O6P/c1-6-8-10-12-14-16-18-20-22-24-26-28-30-32-34-35-36-37-38-39-40-41-42-43-44-45-46-47-48-50-52-54-56-58-60-62-64-66-68-70-72-74-80(84)81-78(77-88-89(85,86)87-76-75-82(3,4)5)79(83)73-71-69-67-65-63-61-59-57-55-53-51-49-33-31-29-27-25-23-21-19-17-15-13-11-9-7-2/h18,20,24,26,78-79,83H,6-17,19,21-23,25,27-77H2,1-5H3,(H-,81,84,85,86)/b20-18-,26-24-. The summed E-state index contributed by atoms with van der Waals surface area (Å²) in [6.07, 6.45) is 94.5. The number of nitrogens with one attached hydrogen (secondary N) is 1. The number of amides is 1. The van der Waals surface area contributed by atoms with Gasteiger partial charge in [0, 0.05) is 6.42 Å². The molecule has 0 saturated carbocycles. The molecule has 0 aliphatic rings. The SMILES string of the molecule is CCCCCCC/C=C\C/C=C\CCCCCCCCCCCCCCCCCCCCCCCCCCCCCCCC(=O)NC(COP(=O)([O-])OCC[N+](C)(C)C)C(O)CCCCCCCCCCCCCCCCCCCCCCCCCCCC. The number of likely N-dealkylation sites (N-methyl/N-ethyl adjacent to an activating group) is 1. The Balaban J connectivity index is 3.86. The van der Waals surface area contributed by atoms with E-state index < -0.39 is 20.0 Å². The first-order valence-corrected chi connectivity index (χ1v) is 41.6. The summed E-state index contributed by atoms with van der Waals surface area (Å²) < 4.78 is 23.6. The number of hydrogen-bond donors (Lipinski definition) is 2. The molecule has 0 heterocycles. The van der Waals surface area contributed by atoms with E-state index in [0.717, 1.165) is 44.9 Å². The molecule has 3 unspecified atom stereocenters. The quantitative estimate of drug-likeness (QED) is 0.0272. The molecule has 2 N–H and O–H groups in total. The van der Waals surface area contributed by atoms with Crippen LogP contribution in [0.2, 0.25) is 0 Å². The Morgan fingerprint density at radius 2 is 0.652 bits per heavy atom. The Labute approximate surface area is 557 Å². The number of aliphatic hydroxyl groups is 1. The van der Waals surface area contributed by atoms with Gasteiger partial charge < -0.3 is 28.8 Å². The molecular weight excluding hydrogens is 1120 g/mol. The van der Waals surface area contributed by atoms with Gasteiger partial charge in [-0.3, -0.25) is 9.36 Å². The molecule has 0 aliphatic carbocycles. The molecule has 89 heavy (non-hydrogen) atoms. The van der Waals surface area contributed by atoms with Crippen molar-refractivity contribution >= 4 is 13.7 Å². The van der Waals surface area contributed by atoms with E-state index in [0.29, 0.717) is 23.9 Å². The zero-order valence-electron chi connectivity index (χ0n) is 60.9. The minimum absolute atomic E-state index is 0.0160. The molecule has 0 radical (unpaired) electrons. The van der Waals surface area contributed by atoms with Gasteiger partial charge in [-0.2, -0.15) is 0 Å². The summed E-state index contributed by atoms with van der Waals surface area (Å²) in [5, 5.41) is 14.1. The number of rotatable bonds is 76. The highest BCUT2D eigenvalue weighted by atomic mass is 31.2. The van der Waals surface area contributed by atoms with Crippen LogP contribution >= 0.6 is 7.82 Å². The summed E-state index contributed by atoms with van der Waals surface area (Å²) >= 11 is 0. The maximum atomic E-state index is 13.1. The van der Waals surface area contributed by atoms with E-state index in [1.165, 1.54) is 360 Å². The summed E-state index contributed by atoms with van der Waals surface area (Å²) in [6.45, 7) is 4.79. The lowest BCUT2D eigenvalue weighted by Crippen LogP contribution is -2.46. The second-order valence-electron chi connectivity index (χ2n) is 29.1. The van der Waals surface area contributed by atoms with Gasteiger partial charge in [-0.1, -0.05) is 404 Å². The molecule has 0 bridgehead atoms. The minimum Gasteiger partial charge on any atom is -0.756 e. The van der Waals surface area contributed by atoms with Crippen LogP contribution in [0.1, 0.15) is 431 Å². The number of hydrogen-bond acceptors (Lipinski definition) is 6. The van der Waals surface area contributed by atoms with Crippen LogP contribution in [0.3, 0.4) is 0 Å². The third-order valence-corrected chi connectivity index (χ3v) is 19.9. The van der Waals surface area contributed by atoms with Crippen LogP contribution in [0.15, 0.2) is 24.3 Å². The third kappa shape index (κ3) is 74.2. The molecule has 0 fully saturated rings. The lowest BCUT2D eigenvalue weighted by atomic mass is 10.0. The van der Waals surface area contributed by atoms with E-state index in [2.05, 4.69) is 43.5 Å². The maximum absolute atomic E-state index is 13.1. The molecular formula is C80H159N2O6P. The van der Waals surface area contributed by atoms with Crippen molar-refractivity contribution in [2.75, 3.05) is 40.9 Å². The first-order valence-electron chi connectivity index (χ1n) is 40.2. The molecule has 0 aliphatic heterocycles.